The number of carbonyl (C=O) groups excluding carboxylic acids is 9. The molecule has 1 aliphatic rings. The average molecular weight is 1070 g/mol. The van der Waals surface area contributed by atoms with E-state index in [9.17, 15) is 68.1 Å². The fraction of sp³-hybridized carbons (Fsp3) is 0.442. The Morgan fingerprint density at radius 3 is 1.51 bits per heavy atom. The van der Waals surface area contributed by atoms with E-state index in [2.05, 4.69) is 37.2 Å². The van der Waals surface area contributed by atoms with Crippen molar-refractivity contribution in [3.63, 3.8) is 0 Å². The normalized spacial score (nSPS) is 16.6. The van der Waals surface area contributed by atoms with Gasteiger partial charge in [0.05, 0.1) is 25.0 Å². The van der Waals surface area contributed by atoms with Crippen LogP contribution in [0.1, 0.15) is 70.1 Å². The van der Waals surface area contributed by atoms with Crippen molar-refractivity contribution < 1.29 is 73.2 Å². The Bertz CT molecular complexity index is 2590. The van der Waals surface area contributed by atoms with Crippen molar-refractivity contribution >= 4 is 65.1 Å². The van der Waals surface area contributed by atoms with Crippen molar-refractivity contribution in [1.82, 2.24) is 42.1 Å². The molecule has 9 amide bonds. The Labute approximate surface area is 443 Å². The van der Waals surface area contributed by atoms with Gasteiger partial charge in [-0.1, -0.05) is 86.6 Å². The fourth-order valence-electron chi connectivity index (χ4n) is 8.25. The summed E-state index contributed by atoms with van der Waals surface area (Å²) in [4.78, 5) is 147. The second kappa shape index (κ2) is 29.0. The van der Waals surface area contributed by atoms with Gasteiger partial charge in [0.25, 0.3) is 0 Å². The minimum Gasteiger partial charge on any atom is -0.508 e. The number of aliphatic carboxylic acids is 2. The second-order valence-corrected chi connectivity index (χ2v) is 19.1. The molecule has 416 valence electrons. The molecule has 4 rings (SSSR count). The van der Waals surface area contributed by atoms with Gasteiger partial charge in [-0.15, -0.1) is 0 Å². The zero-order valence-electron chi connectivity index (χ0n) is 43.0. The van der Waals surface area contributed by atoms with Gasteiger partial charge in [0.15, 0.2) is 0 Å². The third-order valence-electron chi connectivity index (χ3n) is 12.5. The van der Waals surface area contributed by atoms with E-state index in [1.165, 1.54) is 36.1 Å². The largest absolute Gasteiger partial charge is 0.508 e. The lowest BCUT2D eigenvalue weighted by atomic mass is 10.00. The highest BCUT2D eigenvalue weighted by Crippen LogP contribution is 2.22. The third kappa shape index (κ3) is 19.0. The number of nitrogens with one attached hydrogen (secondary N) is 7. The molecule has 77 heavy (non-hydrogen) atoms. The number of hydrogen-bond donors (Lipinski definition) is 13. The Morgan fingerprint density at radius 2 is 1.03 bits per heavy atom. The number of phenols is 1. The summed E-state index contributed by atoms with van der Waals surface area (Å²) in [5.74, 6) is -11.9. The lowest BCUT2D eigenvalue weighted by Crippen LogP contribution is -2.62. The topological polar surface area (TPSA) is 408 Å². The van der Waals surface area contributed by atoms with Crippen LogP contribution < -0.4 is 48.7 Å². The number of carboxylic acids is 2. The molecule has 0 aromatic heterocycles. The van der Waals surface area contributed by atoms with Crippen molar-refractivity contribution in [3.8, 4) is 5.75 Å². The van der Waals surface area contributed by atoms with Gasteiger partial charge in [0.1, 0.15) is 54.1 Å². The summed E-state index contributed by atoms with van der Waals surface area (Å²) in [7, 11) is 0. The number of carbonyl (C=O) groups is 11. The summed E-state index contributed by atoms with van der Waals surface area (Å²) in [5, 5.41) is 56.6. The maximum Gasteiger partial charge on any atom is 0.325 e. The number of aliphatic hydroxyl groups is 1. The monoisotopic (exact) mass is 1070 g/mol. The van der Waals surface area contributed by atoms with Gasteiger partial charge in [-0.25, -0.2) is 0 Å². The molecule has 25 nitrogen and oxygen atoms in total. The summed E-state index contributed by atoms with van der Waals surface area (Å²) < 4.78 is 0. The summed E-state index contributed by atoms with van der Waals surface area (Å²) in [5.41, 5.74) is 12.7. The maximum absolute atomic E-state index is 14.5. The van der Waals surface area contributed by atoms with E-state index in [1.54, 1.807) is 74.5 Å². The molecule has 15 N–H and O–H groups in total. The molecule has 10 atom stereocenters. The van der Waals surface area contributed by atoms with Crippen molar-refractivity contribution in [1.29, 1.82) is 0 Å². The molecule has 1 heterocycles. The first-order valence-corrected chi connectivity index (χ1v) is 24.8. The molecule has 0 radical (unpaired) electrons. The summed E-state index contributed by atoms with van der Waals surface area (Å²) in [6, 6.07) is 9.17. The number of carboxylic acid groups (broad SMARTS) is 2. The van der Waals surface area contributed by atoms with Crippen LogP contribution in [-0.4, -0.2) is 157 Å². The number of nitrogens with two attached hydrogens (primary N) is 2. The lowest BCUT2D eigenvalue weighted by Gasteiger charge is -2.33. The first-order valence-electron chi connectivity index (χ1n) is 24.8. The molecule has 25 heteroatoms. The van der Waals surface area contributed by atoms with Gasteiger partial charge in [0, 0.05) is 25.8 Å². The number of likely N-dealkylation sites (tertiary alicyclic amines) is 1. The van der Waals surface area contributed by atoms with Crippen LogP contribution in [0.25, 0.3) is 0 Å². The summed E-state index contributed by atoms with van der Waals surface area (Å²) >= 11 is 0. The van der Waals surface area contributed by atoms with Gasteiger partial charge in [-0.05, 0) is 61.4 Å². The van der Waals surface area contributed by atoms with Gasteiger partial charge in [-0.2, -0.15) is 0 Å². The molecule has 1 saturated heterocycles. The molecule has 0 aliphatic carbocycles. The van der Waals surface area contributed by atoms with Crippen molar-refractivity contribution in [3.05, 3.63) is 102 Å². The van der Waals surface area contributed by atoms with Crippen molar-refractivity contribution in [2.75, 3.05) is 6.54 Å². The molecule has 0 saturated carbocycles. The van der Waals surface area contributed by atoms with Crippen LogP contribution >= 0.6 is 0 Å². The minimum atomic E-state index is -1.71. The molecule has 0 unspecified atom stereocenters. The van der Waals surface area contributed by atoms with Crippen LogP contribution in [0.15, 0.2) is 84.9 Å². The second-order valence-electron chi connectivity index (χ2n) is 19.1. The van der Waals surface area contributed by atoms with Gasteiger partial charge < -0.3 is 74.0 Å². The Morgan fingerprint density at radius 1 is 0.571 bits per heavy atom. The molecular formula is C52H68N10O15. The molecule has 1 fully saturated rings. The van der Waals surface area contributed by atoms with E-state index in [1.807, 2.05) is 0 Å². The number of benzene rings is 3. The number of amides is 9. The average Bonchev–Trinajstić information content (AvgIpc) is 3.87. The van der Waals surface area contributed by atoms with Crippen LogP contribution in [0.2, 0.25) is 0 Å². The number of phenolic OH excluding ortho intramolecular Hbond substituents is 1. The highest BCUT2D eigenvalue weighted by atomic mass is 16.4. The summed E-state index contributed by atoms with van der Waals surface area (Å²) in [6.45, 7) is 5.62. The zero-order chi connectivity index (χ0) is 57.1. The smallest absolute Gasteiger partial charge is 0.325 e. The van der Waals surface area contributed by atoms with Crippen molar-refractivity contribution in [2.45, 2.75) is 133 Å². The van der Waals surface area contributed by atoms with E-state index in [0.29, 0.717) is 23.1 Å². The predicted molar refractivity (Wildman–Crippen MR) is 274 cm³/mol. The van der Waals surface area contributed by atoms with E-state index in [-0.39, 0.29) is 38.0 Å². The van der Waals surface area contributed by atoms with Crippen LogP contribution in [0.5, 0.6) is 5.75 Å². The lowest BCUT2D eigenvalue weighted by molar-refractivity contribution is -0.144. The van der Waals surface area contributed by atoms with Gasteiger partial charge in [0.2, 0.25) is 53.2 Å². The van der Waals surface area contributed by atoms with Crippen LogP contribution in [0.3, 0.4) is 0 Å². The van der Waals surface area contributed by atoms with E-state index < -0.39 is 144 Å². The predicted octanol–water partition coefficient (Wildman–Crippen LogP) is -2.38. The van der Waals surface area contributed by atoms with E-state index >= 15 is 0 Å². The number of primary amides is 1. The molecule has 3 aromatic rings. The Hall–Kier alpha value is -8.45. The van der Waals surface area contributed by atoms with Crippen LogP contribution in [0, 0.1) is 5.92 Å². The highest BCUT2D eigenvalue weighted by Gasteiger charge is 2.42. The van der Waals surface area contributed by atoms with E-state index in [4.69, 9.17) is 16.6 Å². The molecule has 3 aromatic carbocycles. The quantitative estimate of drug-likeness (QED) is 0.0361. The number of aromatic hydroxyl groups is 1. The van der Waals surface area contributed by atoms with E-state index in [0.717, 1.165) is 6.92 Å². The molecule has 0 spiro atoms. The Balaban J connectivity index is 1.58. The number of aliphatic hydroxyl groups excluding tert-OH is 1. The zero-order valence-corrected chi connectivity index (χ0v) is 43.0. The first-order chi connectivity index (χ1) is 36.3. The van der Waals surface area contributed by atoms with Crippen molar-refractivity contribution in [2.24, 2.45) is 17.4 Å². The molecular weight excluding hydrogens is 1000 g/mol. The standard InChI is InChI=1S/C52H68N10O15/c1-27(2)42(60-50(74)43(29(4)63)61-48(72)37(23-31-14-9-6-10-15-31)56-44(68)34(53)25-41(66)67)51(75)62-21-11-16-39(62)49(73)59-36(22-30-12-7-5-8-13-30)47(71)57-35(24-32-17-19-33(64)20-18-32)46(70)58-38(26-40(54)65)45(69)55-28(3)52(76)77/h5-10,12-15,17-20,27-29,34-39,42-43,63-64H,11,16,21-26,53H2,1-4H3,(H2,54,65)(H,55,69)(H,56,68)(H,57,71)(H,58,70)(H,59,73)(H,60,74)(H,61,72)(H,66,67)(H,76,77)/t28-,29+,34-,35-,36-,37-,38-,39-,42-,43-/m0/s1. The maximum atomic E-state index is 14.5. The molecule has 1 aliphatic heterocycles. The Kier molecular flexibility index (Phi) is 23.0. The summed E-state index contributed by atoms with van der Waals surface area (Å²) in [6.07, 6.45) is -3.17. The minimum absolute atomic E-state index is 0.0349. The third-order valence-corrected chi connectivity index (χ3v) is 12.5. The first kappa shape index (κ1) is 61.1. The fourth-order valence-corrected chi connectivity index (χ4v) is 8.25. The number of hydrogen-bond acceptors (Lipinski definition) is 14. The SMILES string of the molecule is CC(C)[C@H](NC(=O)[C@@H](NC(=O)[C@H](Cc1ccccc1)NC(=O)[C@@H](N)CC(=O)O)[C@@H](C)O)C(=O)N1CCC[C@H]1C(=O)N[C@@H](Cc1ccccc1)C(=O)N[C@@H](Cc1ccc(O)cc1)C(=O)N[C@@H](CC(N)=O)C(=O)N[C@@H](C)C(=O)O. The van der Waals surface area contributed by atoms with Crippen LogP contribution in [-0.2, 0) is 72.0 Å². The van der Waals surface area contributed by atoms with Gasteiger partial charge in [-0.3, -0.25) is 52.7 Å². The number of nitrogens with zero attached hydrogens (tertiary/aromatic N) is 1. The van der Waals surface area contributed by atoms with Crippen LogP contribution in [0.4, 0.5) is 0 Å². The van der Waals surface area contributed by atoms with Gasteiger partial charge >= 0.3 is 11.9 Å². The number of rotatable bonds is 28. The molecule has 0 bridgehead atoms. The highest BCUT2D eigenvalue weighted by molar-refractivity contribution is 5.99.